The van der Waals surface area contributed by atoms with E-state index in [9.17, 15) is 0 Å². The Balaban J connectivity index is 1.16. The van der Waals surface area contributed by atoms with Crippen molar-refractivity contribution in [3.8, 4) is 39.9 Å². The molecule has 0 N–H and O–H groups in total. The van der Waals surface area contributed by atoms with Gasteiger partial charge in [0, 0.05) is 64.1 Å². The fraction of sp³-hybridized carbons (Fsp3) is 0. The molecule has 0 saturated heterocycles. The number of hydrogen-bond acceptors (Lipinski definition) is 5. The topological polar surface area (TPSA) is 56.7 Å². The number of furan rings is 1. The number of fused-ring (bicyclic) bond motifs is 9. The van der Waals surface area contributed by atoms with E-state index in [1.54, 1.807) is 0 Å². The van der Waals surface area contributed by atoms with Gasteiger partial charge in [-0.15, -0.1) is 11.3 Å². The molecule has 0 aliphatic carbocycles. The first-order valence-corrected chi connectivity index (χ1v) is 17.8. The van der Waals surface area contributed by atoms with Gasteiger partial charge in [0.2, 0.25) is 0 Å². The van der Waals surface area contributed by atoms with Crippen LogP contribution in [0.25, 0.3) is 104 Å². The number of thiophene rings is 1. The normalized spacial score (nSPS) is 11.9. The van der Waals surface area contributed by atoms with Gasteiger partial charge in [0.1, 0.15) is 11.2 Å². The summed E-state index contributed by atoms with van der Waals surface area (Å²) in [4.78, 5) is 15.1. The third-order valence-corrected chi connectivity index (χ3v) is 11.0. The molecular formula is C45H26N4OS. The van der Waals surface area contributed by atoms with Crippen molar-refractivity contribution in [3.05, 3.63) is 158 Å². The monoisotopic (exact) mass is 670 g/mol. The van der Waals surface area contributed by atoms with Gasteiger partial charge >= 0.3 is 0 Å². The van der Waals surface area contributed by atoms with Crippen molar-refractivity contribution in [2.45, 2.75) is 0 Å². The smallest absolute Gasteiger partial charge is 0.164 e. The lowest BCUT2D eigenvalue weighted by Crippen LogP contribution is -2.00. The Kier molecular flexibility index (Phi) is 6.05. The molecule has 0 spiro atoms. The van der Waals surface area contributed by atoms with Crippen molar-refractivity contribution < 1.29 is 4.42 Å². The van der Waals surface area contributed by atoms with E-state index in [4.69, 9.17) is 19.4 Å². The molecule has 6 heteroatoms. The minimum absolute atomic E-state index is 0.602. The van der Waals surface area contributed by atoms with Crippen LogP contribution in [-0.2, 0) is 0 Å². The van der Waals surface area contributed by atoms with Crippen molar-refractivity contribution in [2.75, 3.05) is 0 Å². The molecule has 7 aromatic carbocycles. The van der Waals surface area contributed by atoms with Crippen LogP contribution in [0.15, 0.2) is 162 Å². The summed E-state index contributed by atoms with van der Waals surface area (Å²) in [5.41, 5.74) is 7.78. The maximum absolute atomic E-state index is 6.50. The molecule has 0 aliphatic rings. The second-order valence-electron chi connectivity index (χ2n) is 12.8. The van der Waals surface area contributed by atoms with E-state index < -0.39 is 0 Å². The van der Waals surface area contributed by atoms with Crippen LogP contribution in [-0.4, -0.2) is 19.5 Å². The lowest BCUT2D eigenvalue weighted by molar-refractivity contribution is 0.669. The van der Waals surface area contributed by atoms with Crippen LogP contribution in [0, 0.1) is 0 Å². The third-order valence-electron chi connectivity index (χ3n) is 9.85. The van der Waals surface area contributed by atoms with Crippen LogP contribution >= 0.6 is 11.3 Å². The average molecular weight is 671 g/mol. The van der Waals surface area contributed by atoms with Crippen LogP contribution in [0.5, 0.6) is 0 Å². The van der Waals surface area contributed by atoms with E-state index in [0.29, 0.717) is 17.5 Å². The Hall–Kier alpha value is -6.63. The lowest BCUT2D eigenvalue weighted by atomic mass is 10.0. The Morgan fingerprint density at radius 1 is 0.431 bits per heavy atom. The molecular weight excluding hydrogens is 645 g/mol. The number of para-hydroxylation sites is 1. The zero-order chi connectivity index (χ0) is 33.5. The van der Waals surface area contributed by atoms with Crippen molar-refractivity contribution in [2.24, 2.45) is 0 Å². The number of benzene rings is 7. The Labute approximate surface area is 295 Å². The average Bonchev–Trinajstić information content (AvgIpc) is 3.86. The molecule has 0 fully saturated rings. The first-order valence-electron chi connectivity index (χ1n) is 16.9. The molecule has 0 saturated carbocycles. The van der Waals surface area contributed by atoms with Crippen LogP contribution in [0.2, 0.25) is 0 Å². The second kappa shape index (κ2) is 10.9. The van der Waals surface area contributed by atoms with E-state index >= 15 is 0 Å². The zero-order valence-electron chi connectivity index (χ0n) is 27.1. The molecule has 0 unspecified atom stereocenters. The summed E-state index contributed by atoms with van der Waals surface area (Å²) in [6.45, 7) is 0. The van der Waals surface area contributed by atoms with Crippen molar-refractivity contribution in [1.29, 1.82) is 0 Å². The maximum atomic E-state index is 6.50. The predicted octanol–water partition coefficient (Wildman–Crippen LogP) is 12.2. The molecule has 0 bridgehead atoms. The molecule has 5 nitrogen and oxygen atoms in total. The molecule has 51 heavy (non-hydrogen) atoms. The zero-order valence-corrected chi connectivity index (χ0v) is 27.9. The van der Waals surface area contributed by atoms with E-state index in [1.165, 1.54) is 42.0 Å². The highest BCUT2D eigenvalue weighted by Crippen LogP contribution is 2.42. The Morgan fingerprint density at radius 2 is 1.12 bits per heavy atom. The van der Waals surface area contributed by atoms with E-state index in [-0.39, 0.29) is 0 Å². The molecule has 0 aliphatic heterocycles. The fourth-order valence-corrected chi connectivity index (χ4v) is 8.66. The number of aromatic nitrogens is 4. The van der Waals surface area contributed by atoms with Crippen LogP contribution < -0.4 is 0 Å². The summed E-state index contributed by atoms with van der Waals surface area (Å²) in [6.07, 6.45) is 0. The first kappa shape index (κ1) is 28.2. The number of rotatable bonds is 4. The quantitative estimate of drug-likeness (QED) is 0.187. The molecule has 4 heterocycles. The highest BCUT2D eigenvalue weighted by atomic mass is 32.1. The van der Waals surface area contributed by atoms with Gasteiger partial charge < -0.3 is 8.98 Å². The molecule has 11 rings (SSSR count). The number of hydrogen-bond donors (Lipinski definition) is 0. The third kappa shape index (κ3) is 4.37. The van der Waals surface area contributed by atoms with Gasteiger partial charge in [0.25, 0.3) is 0 Å². The standard InChI is InChI=1S/C45H26N4OS/c1-3-12-27(13-4-1)43-46-44(28-14-5-2-6-15-28)48-45(47-43)32-18-11-20-39-42(32)35-24-29(22-23-38(35)50-39)49-36-19-9-7-16-30(36)33-25-34-31-17-8-10-21-40(31)51-41(34)26-37(33)49/h1-26H. The van der Waals surface area contributed by atoms with E-state index in [1.807, 2.05) is 84.1 Å². The van der Waals surface area contributed by atoms with Crippen LogP contribution in [0.4, 0.5) is 0 Å². The summed E-state index contributed by atoms with van der Waals surface area (Å²) in [7, 11) is 0. The predicted molar refractivity (Wildman–Crippen MR) is 211 cm³/mol. The van der Waals surface area contributed by atoms with Gasteiger partial charge in [-0.05, 0) is 48.5 Å². The molecule has 4 aromatic heterocycles. The highest BCUT2D eigenvalue weighted by molar-refractivity contribution is 7.25. The van der Waals surface area contributed by atoms with E-state index in [2.05, 4.69) is 89.5 Å². The second-order valence-corrected chi connectivity index (χ2v) is 13.9. The number of nitrogens with zero attached hydrogens (tertiary/aromatic N) is 4. The van der Waals surface area contributed by atoms with Crippen LogP contribution in [0.3, 0.4) is 0 Å². The Morgan fingerprint density at radius 3 is 1.90 bits per heavy atom. The summed E-state index contributed by atoms with van der Waals surface area (Å²) in [5, 5.41) is 7.07. The minimum atomic E-state index is 0.602. The molecule has 0 amide bonds. The summed E-state index contributed by atoms with van der Waals surface area (Å²) >= 11 is 1.85. The maximum Gasteiger partial charge on any atom is 0.164 e. The van der Waals surface area contributed by atoms with Gasteiger partial charge in [-0.3, -0.25) is 0 Å². The van der Waals surface area contributed by atoms with E-state index in [0.717, 1.165) is 44.3 Å². The lowest BCUT2D eigenvalue weighted by Gasteiger charge is -2.10. The minimum Gasteiger partial charge on any atom is -0.456 e. The van der Waals surface area contributed by atoms with Crippen molar-refractivity contribution >= 4 is 75.3 Å². The van der Waals surface area contributed by atoms with Gasteiger partial charge in [-0.25, -0.2) is 15.0 Å². The SMILES string of the molecule is c1ccc(-c2nc(-c3ccccc3)nc(-c3cccc4oc5ccc(-n6c7ccccc7c7cc8c(cc76)sc6ccccc68)cc5c34)n2)cc1. The van der Waals surface area contributed by atoms with Crippen LogP contribution in [0.1, 0.15) is 0 Å². The molecule has 238 valence electrons. The molecule has 11 aromatic rings. The molecule has 0 radical (unpaired) electrons. The highest BCUT2D eigenvalue weighted by Gasteiger charge is 2.20. The summed E-state index contributed by atoms with van der Waals surface area (Å²) in [5.74, 6) is 1.86. The Bertz CT molecular complexity index is 3080. The van der Waals surface area contributed by atoms with Gasteiger partial charge in [0.15, 0.2) is 17.5 Å². The van der Waals surface area contributed by atoms with Crippen molar-refractivity contribution in [1.82, 2.24) is 19.5 Å². The molecule has 0 atom stereocenters. The van der Waals surface area contributed by atoms with Gasteiger partial charge in [-0.1, -0.05) is 109 Å². The van der Waals surface area contributed by atoms with Crippen molar-refractivity contribution in [3.63, 3.8) is 0 Å². The largest absolute Gasteiger partial charge is 0.456 e. The fourth-order valence-electron chi connectivity index (χ4n) is 7.53. The van der Waals surface area contributed by atoms with Gasteiger partial charge in [0.05, 0.1) is 11.0 Å². The summed E-state index contributed by atoms with van der Waals surface area (Å²) < 4.78 is 11.5. The summed E-state index contributed by atoms with van der Waals surface area (Å²) in [6, 6.07) is 54.9. The first-order chi connectivity index (χ1) is 25.3. The van der Waals surface area contributed by atoms with Gasteiger partial charge in [-0.2, -0.15) is 0 Å².